The van der Waals surface area contributed by atoms with Crippen molar-refractivity contribution in [2.45, 2.75) is 25.7 Å². The van der Waals surface area contributed by atoms with Gasteiger partial charge in [-0.05, 0) is 47.7 Å². The Kier molecular flexibility index (Phi) is 5.43. The second-order valence-electron chi connectivity index (χ2n) is 5.16. The van der Waals surface area contributed by atoms with Crippen molar-refractivity contribution in [1.82, 2.24) is 0 Å². The third-order valence-corrected chi connectivity index (χ3v) is 3.84. The summed E-state index contributed by atoms with van der Waals surface area (Å²) in [6.45, 7) is 2.10. The number of hydrogen-bond acceptors (Lipinski definition) is 3. The summed E-state index contributed by atoms with van der Waals surface area (Å²) in [5, 5.41) is 9.49. The fourth-order valence-corrected chi connectivity index (χ4v) is 2.55. The minimum atomic E-state index is -0.163. The Labute approximate surface area is 132 Å². The topological polar surface area (TPSA) is 42.2 Å². The molecule has 0 aromatic heterocycles. The zero-order chi connectivity index (χ0) is 15.9. The Morgan fingerprint density at radius 2 is 1.77 bits per heavy atom. The van der Waals surface area contributed by atoms with E-state index in [2.05, 4.69) is 19.1 Å². The number of hydrogen-bond donors (Lipinski definition) is 0. The van der Waals surface area contributed by atoms with Crippen LogP contribution in [0.15, 0.2) is 42.5 Å². The van der Waals surface area contributed by atoms with Crippen molar-refractivity contribution < 1.29 is 9.47 Å². The molecule has 0 N–H and O–H groups in total. The molecule has 1 atom stereocenters. The van der Waals surface area contributed by atoms with Crippen LogP contribution in [0.5, 0.6) is 11.5 Å². The highest BCUT2D eigenvalue weighted by atomic mass is 16.5. The van der Waals surface area contributed by atoms with Crippen molar-refractivity contribution in [2.24, 2.45) is 0 Å². The predicted octanol–water partition coefficient (Wildman–Crippen LogP) is 4.12. The molecule has 2 aromatic carbocycles. The van der Waals surface area contributed by atoms with Crippen LogP contribution in [-0.2, 0) is 12.8 Å². The number of aryl methyl sites for hydroxylation is 1. The molecule has 0 saturated heterocycles. The molecule has 0 bridgehead atoms. The summed E-state index contributed by atoms with van der Waals surface area (Å²) < 4.78 is 10.5. The minimum absolute atomic E-state index is 0.163. The average Bonchev–Trinajstić information content (AvgIpc) is 2.59. The summed E-state index contributed by atoms with van der Waals surface area (Å²) in [6, 6.07) is 16.2. The Bertz CT molecular complexity index is 656. The van der Waals surface area contributed by atoms with Crippen molar-refractivity contribution in [1.29, 1.82) is 5.26 Å². The lowest BCUT2D eigenvalue weighted by molar-refractivity contribution is 0.410. The number of ether oxygens (including phenoxy) is 2. The van der Waals surface area contributed by atoms with Crippen LogP contribution in [0.1, 0.15) is 29.5 Å². The number of nitriles is 1. The molecule has 0 heterocycles. The van der Waals surface area contributed by atoms with Crippen LogP contribution in [0.25, 0.3) is 0 Å². The molecule has 0 radical (unpaired) electrons. The lowest BCUT2D eigenvalue weighted by atomic mass is 9.92. The van der Waals surface area contributed by atoms with Gasteiger partial charge in [0.1, 0.15) is 11.5 Å². The van der Waals surface area contributed by atoms with E-state index in [0.29, 0.717) is 6.42 Å². The second kappa shape index (κ2) is 7.51. The van der Waals surface area contributed by atoms with E-state index in [0.717, 1.165) is 29.0 Å². The molecule has 2 rings (SSSR count). The van der Waals surface area contributed by atoms with Crippen molar-refractivity contribution in [3.8, 4) is 17.6 Å². The highest BCUT2D eigenvalue weighted by Crippen LogP contribution is 2.26. The predicted molar refractivity (Wildman–Crippen MR) is 87.4 cm³/mol. The molecule has 0 aliphatic carbocycles. The lowest BCUT2D eigenvalue weighted by Crippen LogP contribution is -2.02. The fraction of sp³-hybridized carbons (Fsp3) is 0.316. The molecular formula is C19H21NO2. The van der Waals surface area contributed by atoms with E-state index in [4.69, 9.17) is 9.47 Å². The van der Waals surface area contributed by atoms with Crippen LogP contribution >= 0.6 is 0 Å². The molecule has 0 saturated carbocycles. The molecule has 3 heteroatoms. The molecule has 0 spiro atoms. The van der Waals surface area contributed by atoms with E-state index in [1.807, 2.05) is 36.4 Å². The SMILES string of the molecule is CCc1cc(CC(C#N)c2ccc(OC)cc2)ccc1OC. The third-order valence-electron chi connectivity index (χ3n) is 3.84. The van der Waals surface area contributed by atoms with E-state index < -0.39 is 0 Å². The summed E-state index contributed by atoms with van der Waals surface area (Å²) in [7, 11) is 3.32. The number of methoxy groups -OCH3 is 2. The van der Waals surface area contributed by atoms with Gasteiger partial charge in [-0.2, -0.15) is 5.26 Å². The van der Waals surface area contributed by atoms with Gasteiger partial charge in [-0.3, -0.25) is 0 Å². The maximum atomic E-state index is 9.49. The monoisotopic (exact) mass is 295 g/mol. The molecule has 0 fully saturated rings. The Hall–Kier alpha value is -2.47. The number of nitrogens with zero attached hydrogens (tertiary/aromatic N) is 1. The fourth-order valence-electron chi connectivity index (χ4n) is 2.55. The maximum Gasteiger partial charge on any atom is 0.122 e. The third kappa shape index (κ3) is 3.59. The molecule has 0 aliphatic rings. The standard InChI is InChI=1S/C19H21NO2/c1-4-15-11-14(5-10-19(15)22-3)12-17(13-20)16-6-8-18(21-2)9-7-16/h5-11,17H,4,12H2,1-3H3. The molecule has 1 unspecified atom stereocenters. The lowest BCUT2D eigenvalue weighted by Gasteiger charge is -2.13. The Morgan fingerprint density at radius 3 is 2.32 bits per heavy atom. The minimum Gasteiger partial charge on any atom is -0.497 e. The van der Waals surface area contributed by atoms with Gasteiger partial charge in [0.15, 0.2) is 0 Å². The first-order chi connectivity index (χ1) is 10.7. The van der Waals surface area contributed by atoms with E-state index in [1.54, 1.807) is 14.2 Å². The molecule has 2 aromatic rings. The first-order valence-corrected chi connectivity index (χ1v) is 7.41. The first kappa shape index (κ1) is 15.9. The highest BCUT2D eigenvalue weighted by molar-refractivity contribution is 5.39. The van der Waals surface area contributed by atoms with Gasteiger partial charge < -0.3 is 9.47 Å². The van der Waals surface area contributed by atoms with Gasteiger partial charge in [0.05, 0.1) is 26.2 Å². The van der Waals surface area contributed by atoms with Crippen LogP contribution in [0.4, 0.5) is 0 Å². The zero-order valence-electron chi connectivity index (χ0n) is 13.3. The Morgan fingerprint density at radius 1 is 1.05 bits per heavy atom. The molecule has 3 nitrogen and oxygen atoms in total. The number of rotatable bonds is 6. The van der Waals surface area contributed by atoms with Crippen LogP contribution in [0.2, 0.25) is 0 Å². The molecule has 22 heavy (non-hydrogen) atoms. The summed E-state index contributed by atoms with van der Waals surface area (Å²) in [6.07, 6.45) is 1.61. The molecular weight excluding hydrogens is 274 g/mol. The van der Waals surface area contributed by atoms with Crippen molar-refractivity contribution in [2.75, 3.05) is 14.2 Å². The zero-order valence-corrected chi connectivity index (χ0v) is 13.3. The van der Waals surface area contributed by atoms with E-state index in [9.17, 15) is 5.26 Å². The average molecular weight is 295 g/mol. The number of benzene rings is 2. The summed E-state index contributed by atoms with van der Waals surface area (Å²) in [5.74, 6) is 1.55. The Balaban J connectivity index is 2.21. The van der Waals surface area contributed by atoms with Crippen molar-refractivity contribution in [3.05, 3.63) is 59.2 Å². The molecule has 114 valence electrons. The van der Waals surface area contributed by atoms with Gasteiger partial charge in [-0.1, -0.05) is 31.2 Å². The summed E-state index contributed by atoms with van der Waals surface area (Å²) >= 11 is 0. The van der Waals surface area contributed by atoms with Crippen molar-refractivity contribution >= 4 is 0 Å². The maximum absolute atomic E-state index is 9.49. The summed E-state index contributed by atoms with van der Waals surface area (Å²) in [4.78, 5) is 0. The normalized spacial score (nSPS) is 11.5. The van der Waals surface area contributed by atoms with Gasteiger partial charge in [0, 0.05) is 0 Å². The smallest absolute Gasteiger partial charge is 0.122 e. The molecule has 0 amide bonds. The van der Waals surface area contributed by atoms with Gasteiger partial charge in [-0.15, -0.1) is 0 Å². The van der Waals surface area contributed by atoms with Crippen LogP contribution in [-0.4, -0.2) is 14.2 Å². The summed E-state index contributed by atoms with van der Waals surface area (Å²) in [5.41, 5.74) is 3.34. The first-order valence-electron chi connectivity index (χ1n) is 7.41. The quantitative estimate of drug-likeness (QED) is 0.805. The van der Waals surface area contributed by atoms with Crippen molar-refractivity contribution in [3.63, 3.8) is 0 Å². The van der Waals surface area contributed by atoms with E-state index in [1.165, 1.54) is 5.56 Å². The van der Waals surface area contributed by atoms with Gasteiger partial charge in [-0.25, -0.2) is 0 Å². The highest BCUT2D eigenvalue weighted by Gasteiger charge is 2.13. The van der Waals surface area contributed by atoms with Crippen LogP contribution in [0.3, 0.4) is 0 Å². The largest absolute Gasteiger partial charge is 0.497 e. The van der Waals surface area contributed by atoms with Crippen LogP contribution in [0, 0.1) is 11.3 Å². The van der Waals surface area contributed by atoms with Gasteiger partial charge >= 0.3 is 0 Å². The molecule has 0 aliphatic heterocycles. The van der Waals surface area contributed by atoms with Gasteiger partial charge in [0.2, 0.25) is 0 Å². The second-order valence-corrected chi connectivity index (χ2v) is 5.16. The van der Waals surface area contributed by atoms with E-state index >= 15 is 0 Å². The van der Waals surface area contributed by atoms with Crippen LogP contribution < -0.4 is 9.47 Å². The van der Waals surface area contributed by atoms with E-state index in [-0.39, 0.29) is 5.92 Å². The van der Waals surface area contributed by atoms with Gasteiger partial charge in [0.25, 0.3) is 0 Å².